The number of alkyl halides is 1. The highest BCUT2D eigenvalue weighted by Gasteiger charge is 2.15. The van der Waals surface area contributed by atoms with E-state index in [9.17, 15) is 8.42 Å². The number of rotatable bonds is 9. The molecular weight excluding hydrogens is 447 g/mol. The number of fused-ring (bicyclic) bond motifs is 1. The van der Waals surface area contributed by atoms with Gasteiger partial charge in [-0.15, -0.1) is 21.8 Å². The Balaban J connectivity index is 1.90. The summed E-state index contributed by atoms with van der Waals surface area (Å²) in [4.78, 5) is 0.0290. The molecule has 0 aromatic heterocycles. The fraction of sp³-hybridized carbons (Fsp3) is 0.200. The number of aliphatic hydroxyl groups is 1. The molecule has 7 nitrogen and oxygen atoms in total. The van der Waals surface area contributed by atoms with Crippen LogP contribution >= 0.6 is 23.2 Å². The van der Waals surface area contributed by atoms with Crippen LogP contribution in [0.5, 0.6) is 0 Å². The molecule has 0 aliphatic rings. The van der Waals surface area contributed by atoms with Crippen LogP contribution in [0.1, 0.15) is 0 Å². The maximum absolute atomic E-state index is 12.2. The Kier molecular flexibility index (Phi) is 7.63. The summed E-state index contributed by atoms with van der Waals surface area (Å²) in [5.41, 5.74) is 1.87. The first-order chi connectivity index (χ1) is 14.5. The van der Waals surface area contributed by atoms with Crippen LogP contribution in [0.15, 0.2) is 69.7 Å². The second-order valence-electron chi connectivity index (χ2n) is 6.23. The summed E-state index contributed by atoms with van der Waals surface area (Å²) in [6.45, 7) is 0.593. The van der Waals surface area contributed by atoms with E-state index in [2.05, 4.69) is 20.3 Å². The molecule has 0 heterocycles. The number of halogens is 2. The average molecular weight is 467 g/mol. The van der Waals surface area contributed by atoms with Crippen molar-refractivity contribution in [2.45, 2.75) is 4.90 Å². The number of hydrogen-bond acceptors (Lipinski definition) is 6. The zero-order valence-electron chi connectivity index (χ0n) is 15.8. The van der Waals surface area contributed by atoms with Gasteiger partial charge in [0.15, 0.2) is 0 Å². The van der Waals surface area contributed by atoms with Crippen LogP contribution < -0.4 is 10.0 Å². The maximum atomic E-state index is 12.2. The molecule has 30 heavy (non-hydrogen) atoms. The Morgan fingerprint density at radius 1 is 0.933 bits per heavy atom. The van der Waals surface area contributed by atoms with Gasteiger partial charge >= 0.3 is 0 Å². The topological polar surface area (TPSA) is 103 Å². The van der Waals surface area contributed by atoms with Crippen molar-refractivity contribution in [2.75, 3.05) is 30.9 Å². The molecule has 3 aromatic carbocycles. The summed E-state index contributed by atoms with van der Waals surface area (Å²) in [5.74, 6) is 0.168. The highest BCUT2D eigenvalue weighted by Crippen LogP contribution is 2.34. The lowest BCUT2D eigenvalue weighted by molar-refractivity contribution is 0.311. The highest BCUT2D eigenvalue weighted by molar-refractivity contribution is 7.89. The van der Waals surface area contributed by atoms with Gasteiger partial charge < -0.3 is 10.4 Å². The van der Waals surface area contributed by atoms with Crippen LogP contribution in [0.2, 0.25) is 5.02 Å². The van der Waals surface area contributed by atoms with Crippen molar-refractivity contribution in [3.63, 3.8) is 0 Å². The summed E-state index contributed by atoms with van der Waals surface area (Å²) in [6.07, 6.45) is 0. The Morgan fingerprint density at radius 3 is 2.33 bits per heavy atom. The van der Waals surface area contributed by atoms with Gasteiger partial charge in [0.05, 0.1) is 22.2 Å². The van der Waals surface area contributed by atoms with Gasteiger partial charge in [-0.3, -0.25) is 0 Å². The van der Waals surface area contributed by atoms with Gasteiger partial charge in [-0.2, -0.15) is 0 Å². The van der Waals surface area contributed by atoms with Crippen LogP contribution in [0.25, 0.3) is 10.8 Å². The molecule has 0 amide bonds. The first-order valence-electron chi connectivity index (χ1n) is 9.09. The second kappa shape index (κ2) is 10.2. The fourth-order valence-electron chi connectivity index (χ4n) is 2.81. The monoisotopic (exact) mass is 466 g/mol. The number of sulfonamides is 1. The minimum absolute atomic E-state index is 0.0290. The van der Waals surface area contributed by atoms with Gasteiger partial charge in [-0.05, 0) is 30.3 Å². The first kappa shape index (κ1) is 22.5. The highest BCUT2D eigenvalue weighted by atomic mass is 35.5. The van der Waals surface area contributed by atoms with Crippen molar-refractivity contribution in [1.29, 1.82) is 0 Å². The van der Waals surface area contributed by atoms with E-state index in [0.717, 1.165) is 16.5 Å². The third kappa shape index (κ3) is 5.27. The molecule has 0 aliphatic carbocycles. The Bertz CT molecular complexity index is 1170. The molecule has 0 saturated heterocycles. The molecule has 0 saturated carbocycles. The van der Waals surface area contributed by atoms with Crippen LogP contribution in [0, 0.1) is 0 Å². The van der Waals surface area contributed by atoms with Gasteiger partial charge in [0, 0.05) is 35.4 Å². The summed E-state index contributed by atoms with van der Waals surface area (Å²) in [5, 5.41) is 22.7. The molecule has 3 rings (SSSR count). The standard InChI is InChI=1S/C20H20Cl2N4O3S/c21-9-10-24-30(28,29)14-5-6-20(17(22)13-14)26-25-19-8-7-18(23-11-12-27)15-3-1-2-4-16(15)19/h1-8,13,23-24,27H,9-12H2/b26-25+. The van der Waals surface area contributed by atoms with Crippen molar-refractivity contribution < 1.29 is 13.5 Å². The number of azo groups is 1. The van der Waals surface area contributed by atoms with E-state index in [4.69, 9.17) is 28.3 Å². The Labute approximate surface area is 184 Å². The van der Waals surface area contributed by atoms with Crippen molar-refractivity contribution in [3.8, 4) is 0 Å². The Morgan fingerprint density at radius 2 is 1.63 bits per heavy atom. The summed E-state index contributed by atoms with van der Waals surface area (Å²) in [7, 11) is -3.69. The number of benzene rings is 3. The molecule has 0 fully saturated rings. The normalized spacial score (nSPS) is 12.0. The van der Waals surface area contributed by atoms with Gasteiger partial charge in [0.2, 0.25) is 10.0 Å². The smallest absolute Gasteiger partial charge is 0.240 e. The van der Waals surface area contributed by atoms with E-state index in [1.54, 1.807) is 0 Å². The van der Waals surface area contributed by atoms with Gasteiger partial charge in [-0.25, -0.2) is 13.1 Å². The Hall–Kier alpha value is -2.23. The molecule has 3 aromatic rings. The van der Waals surface area contributed by atoms with Crippen molar-refractivity contribution in [2.24, 2.45) is 10.2 Å². The maximum Gasteiger partial charge on any atom is 0.240 e. The second-order valence-corrected chi connectivity index (χ2v) is 8.78. The lowest BCUT2D eigenvalue weighted by Crippen LogP contribution is -2.25. The van der Waals surface area contributed by atoms with E-state index < -0.39 is 10.0 Å². The quantitative estimate of drug-likeness (QED) is 0.310. The van der Waals surface area contributed by atoms with Crippen LogP contribution in [0.3, 0.4) is 0 Å². The SMILES string of the molecule is O=S(=O)(NCCCl)c1ccc(/N=N/c2ccc(NCCO)c3ccccc23)c(Cl)c1. The molecule has 0 aliphatic heterocycles. The van der Waals surface area contributed by atoms with E-state index >= 15 is 0 Å². The molecule has 10 heteroatoms. The van der Waals surface area contributed by atoms with Crippen molar-refractivity contribution in [1.82, 2.24) is 4.72 Å². The van der Waals surface area contributed by atoms with Crippen LogP contribution in [0.4, 0.5) is 17.1 Å². The molecule has 3 N–H and O–H groups in total. The zero-order valence-corrected chi connectivity index (χ0v) is 18.2. The number of anilines is 1. The third-order valence-corrected chi connectivity index (χ3v) is 6.16. The fourth-order valence-corrected chi connectivity index (χ4v) is 4.36. The average Bonchev–Trinajstić information content (AvgIpc) is 2.75. The lowest BCUT2D eigenvalue weighted by Gasteiger charge is -2.10. The summed E-state index contributed by atoms with van der Waals surface area (Å²) >= 11 is 11.8. The molecule has 158 valence electrons. The number of nitrogens with one attached hydrogen (secondary N) is 2. The largest absolute Gasteiger partial charge is 0.395 e. The predicted molar refractivity (Wildman–Crippen MR) is 121 cm³/mol. The van der Waals surface area contributed by atoms with E-state index in [0.29, 0.717) is 17.9 Å². The number of nitrogens with zero attached hydrogens (tertiary/aromatic N) is 2. The van der Waals surface area contributed by atoms with E-state index in [1.165, 1.54) is 18.2 Å². The summed E-state index contributed by atoms with van der Waals surface area (Å²) in [6, 6.07) is 15.6. The molecule has 0 radical (unpaired) electrons. The van der Waals surface area contributed by atoms with Crippen LogP contribution in [-0.2, 0) is 10.0 Å². The first-order valence-corrected chi connectivity index (χ1v) is 11.5. The minimum Gasteiger partial charge on any atom is -0.395 e. The number of hydrogen-bond donors (Lipinski definition) is 3. The third-order valence-electron chi connectivity index (χ3n) is 4.21. The van der Waals surface area contributed by atoms with Crippen LogP contribution in [-0.4, -0.2) is 39.1 Å². The minimum atomic E-state index is -3.69. The summed E-state index contributed by atoms with van der Waals surface area (Å²) < 4.78 is 26.7. The zero-order chi connectivity index (χ0) is 21.6. The molecule has 0 unspecified atom stereocenters. The molecular formula is C20H20Cl2N4O3S. The van der Waals surface area contributed by atoms with Gasteiger partial charge in [0.25, 0.3) is 0 Å². The predicted octanol–water partition coefficient (Wildman–Crippen LogP) is 4.83. The van der Waals surface area contributed by atoms with E-state index in [1.807, 2.05) is 36.4 Å². The molecule has 0 atom stereocenters. The number of aliphatic hydroxyl groups excluding tert-OH is 1. The molecule has 0 bridgehead atoms. The van der Waals surface area contributed by atoms with Gasteiger partial charge in [-0.1, -0.05) is 35.9 Å². The van der Waals surface area contributed by atoms with Crippen molar-refractivity contribution >= 4 is 61.1 Å². The van der Waals surface area contributed by atoms with Crippen molar-refractivity contribution in [3.05, 3.63) is 59.6 Å². The molecule has 0 spiro atoms. The van der Waals surface area contributed by atoms with E-state index in [-0.39, 0.29) is 28.9 Å². The van der Waals surface area contributed by atoms with Gasteiger partial charge in [0.1, 0.15) is 5.69 Å². The lowest BCUT2D eigenvalue weighted by atomic mass is 10.1.